The number of para-hydroxylation sites is 1. The molecule has 1 amide bonds. The van der Waals surface area contributed by atoms with Gasteiger partial charge in [-0.3, -0.25) is 18.9 Å². The van der Waals surface area contributed by atoms with Crippen LogP contribution in [0.4, 0.5) is 41.7 Å². The highest BCUT2D eigenvalue weighted by Crippen LogP contribution is 2.72. The summed E-state index contributed by atoms with van der Waals surface area (Å²) in [5.74, 6) is -7.92. The molecule has 2 aromatic carbocycles. The Morgan fingerprint density at radius 2 is 1.75 bits per heavy atom. The first-order valence-electron chi connectivity index (χ1n) is 20.1. The second-order valence-electron chi connectivity index (χ2n) is 17.5. The number of pyridine rings is 1. The standard InChI is InChI=1S/C41H39F7N10O3S2/c1-38-16-28(38)40(44,45)34-30(38)33(41(46,47)48)53-58(34)17-29(59)50-26(13-20-11-21(42)14-22(43)12-20)31-25(23-5-4-6-24-32(23)56(2)54-35(24)55-63(3,60)61)15-27-36(51-31)52-37(62-27)57-18-39(19-57)7-9-49-10-8-39/h4-6,11-12,14-15,26,28,49H,7-10,13,16-19H2,1-3H3,(H,50,59)(H,54,55)/t26-,28+,38-/m0/s1. The maximum absolute atomic E-state index is 15.8. The van der Waals surface area contributed by atoms with Crippen LogP contribution < -0.4 is 20.3 Å². The van der Waals surface area contributed by atoms with Crippen LogP contribution in [0.15, 0.2) is 42.5 Å². The number of amides is 1. The normalized spacial score (nSPS) is 21.7. The van der Waals surface area contributed by atoms with Gasteiger partial charge in [0.2, 0.25) is 15.9 Å². The molecular formula is C41H39F7N10O3S2. The predicted octanol–water partition coefficient (Wildman–Crippen LogP) is 6.78. The van der Waals surface area contributed by atoms with E-state index in [9.17, 15) is 35.2 Å². The largest absolute Gasteiger partial charge is 0.435 e. The Bertz CT molecular complexity index is 2970. The molecule has 2 aliphatic carbocycles. The Morgan fingerprint density at radius 3 is 2.43 bits per heavy atom. The number of hydrogen-bond donors (Lipinski definition) is 3. The summed E-state index contributed by atoms with van der Waals surface area (Å²) < 4.78 is 134. The van der Waals surface area contributed by atoms with Crippen LogP contribution >= 0.6 is 11.3 Å². The predicted molar refractivity (Wildman–Crippen MR) is 220 cm³/mol. The summed E-state index contributed by atoms with van der Waals surface area (Å²) in [7, 11) is -2.18. The summed E-state index contributed by atoms with van der Waals surface area (Å²) in [4.78, 5) is 26.2. The molecule has 2 aliphatic heterocycles. The number of carbonyl (C=O) groups is 1. The van der Waals surface area contributed by atoms with Gasteiger partial charge in [-0.15, -0.1) is 0 Å². The third-order valence-corrected chi connectivity index (χ3v) is 14.5. The molecule has 3 N–H and O–H groups in total. The molecule has 6 aromatic rings. The van der Waals surface area contributed by atoms with Gasteiger partial charge in [0, 0.05) is 65.0 Å². The summed E-state index contributed by atoms with van der Waals surface area (Å²) >= 11 is 1.38. The van der Waals surface area contributed by atoms with Crippen LogP contribution in [0.2, 0.25) is 0 Å². The molecule has 3 fully saturated rings. The fourth-order valence-electron chi connectivity index (χ4n) is 10.0. The van der Waals surface area contributed by atoms with Crippen molar-refractivity contribution >= 4 is 59.5 Å². The number of alkyl halides is 5. The van der Waals surface area contributed by atoms with E-state index in [-0.39, 0.29) is 41.0 Å². The molecule has 63 heavy (non-hydrogen) atoms. The Kier molecular flexibility index (Phi) is 9.30. The number of carbonyl (C=O) groups excluding carboxylic acids is 1. The SMILES string of the molecule is Cn1nc(NS(C)(=O)=O)c2cccc(-c3cc4sc(N5CC6(CCNCC6)C5)nc4nc3[C@H](Cc3cc(F)cc(F)c3)NC(=O)Cn3nc(C(F)(F)F)c4c3C(F)(F)[C@@H]3C[C@]43C)c21. The number of rotatable bonds is 10. The second kappa shape index (κ2) is 14.1. The molecule has 332 valence electrons. The Morgan fingerprint density at radius 1 is 1.03 bits per heavy atom. The number of benzene rings is 2. The highest BCUT2D eigenvalue weighted by Gasteiger charge is 2.75. The summed E-state index contributed by atoms with van der Waals surface area (Å²) in [5, 5.41) is 15.2. The second-order valence-corrected chi connectivity index (χ2v) is 20.3. The van der Waals surface area contributed by atoms with Gasteiger partial charge in [0.15, 0.2) is 22.3 Å². The van der Waals surface area contributed by atoms with Gasteiger partial charge >= 0.3 is 6.18 Å². The van der Waals surface area contributed by atoms with E-state index in [0.717, 1.165) is 57.4 Å². The molecule has 1 spiro atoms. The van der Waals surface area contributed by atoms with E-state index in [4.69, 9.17) is 9.97 Å². The summed E-state index contributed by atoms with van der Waals surface area (Å²) in [6.07, 6.45) is -2.56. The Hall–Kier alpha value is -5.35. The van der Waals surface area contributed by atoms with Gasteiger partial charge in [-0.25, -0.2) is 22.2 Å². The van der Waals surface area contributed by atoms with E-state index >= 15 is 8.78 Å². The molecule has 4 aromatic heterocycles. The number of halogens is 7. The molecule has 0 unspecified atom stereocenters. The van der Waals surface area contributed by atoms with Crippen LogP contribution in [0.25, 0.3) is 32.4 Å². The third-order valence-electron chi connectivity index (χ3n) is 12.9. The summed E-state index contributed by atoms with van der Waals surface area (Å²) in [5.41, 5.74) is -2.66. The lowest BCUT2D eigenvalue weighted by Crippen LogP contribution is -2.60. The zero-order valence-electron chi connectivity index (χ0n) is 33.9. The maximum atomic E-state index is 15.8. The summed E-state index contributed by atoms with van der Waals surface area (Å²) in [6, 6.07) is 8.29. The highest BCUT2D eigenvalue weighted by atomic mass is 32.2. The van der Waals surface area contributed by atoms with E-state index in [2.05, 4.69) is 30.5 Å². The van der Waals surface area contributed by atoms with E-state index < -0.39 is 80.5 Å². The minimum absolute atomic E-state index is 0.0329. The van der Waals surface area contributed by atoms with Gasteiger partial charge in [-0.2, -0.15) is 37.1 Å². The molecule has 1 saturated carbocycles. The van der Waals surface area contributed by atoms with Crippen LogP contribution in [-0.4, -0.2) is 76.3 Å². The van der Waals surface area contributed by atoms with Gasteiger partial charge in [-0.1, -0.05) is 30.4 Å². The lowest BCUT2D eigenvalue weighted by atomic mass is 9.73. The van der Waals surface area contributed by atoms with Crippen LogP contribution in [0.1, 0.15) is 60.4 Å². The van der Waals surface area contributed by atoms with Crippen molar-refractivity contribution < 1.29 is 43.9 Å². The average Bonchev–Trinajstić information content (AvgIpc) is 3.43. The zero-order chi connectivity index (χ0) is 44.6. The fraction of sp³-hybridized carbons (Fsp3) is 0.439. The van der Waals surface area contributed by atoms with Crippen molar-refractivity contribution in [3.05, 3.63) is 82.3 Å². The first-order chi connectivity index (χ1) is 29.6. The number of fused-ring (bicyclic) bond motifs is 5. The van der Waals surface area contributed by atoms with E-state index in [1.54, 1.807) is 31.3 Å². The topological polar surface area (TPSA) is 152 Å². The molecular weight excluding hydrogens is 878 g/mol. The minimum atomic E-state index is -5.08. The fourth-order valence-corrected chi connectivity index (χ4v) is 11.5. The van der Waals surface area contributed by atoms with E-state index in [0.29, 0.717) is 42.6 Å². The van der Waals surface area contributed by atoms with Gasteiger partial charge < -0.3 is 15.5 Å². The lowest BCUT2D eigenvalue weighted by molar-refractivity contribution is -0.142. The van der Waals surface area contributed by atoms with Gasteiger partial charge in [-0.05, 0) is 68.6 Å². The molecule has 6 heterocycles. The number of thiazole rings is 1. The monoisotopic (exact) mass is 916 g/mol. The molecule has 0 bridgehead atoms. The zero-order valence-corrected chi connectivity index (χ0v) is 35.5. The van der Waals surface area contributed by atoms with Crippen molar-refractivity contribution in [1.82, 2.24) is 40.2 Å². The first-order valence-corrected chi connectivity index (χ1v) is 22.9. The van der Waals surface area contributed by atoms with Crippen LogP contribution in [0.5, 0.6) is 0 Å². The van der Waals surface area contributed by atoms with Crippen molar-refractivity contribution in [2.75, 3.05) is 42.1 Å². The van der Waals surface area contributed by atoms with E-state index in [1.807, 2.05) is 0 Å². The molecule has 4 aliphatic rings. The minimum Gasteiger partial charge on any atom is -0.347 e. The number of nitrogens with zero attached hydrogens (tertiary/aromatic N) is 7. The van der Waals surface area contributed by atoms with Crippen LogP contribution in [-0.2, 0) is 52.3 Å². The van der Waals surface area contributed by atoms with Crippen LogP contribution in [0.3, 0.4) is 0 Å². The Labute approximate surface area is 359 Å². The van der Waals surface area contributed by atoms with Crippen LogP contribution in [0, 0.1) is 23.0 Å². The van der Waals surface area contributed by atoms with Crippen molar-refractivity contribution in [3.8, 4) is 11.1 Å². The van der Waals surface area contributed by atoms with Crippen molar-refractivity contribution in [1.29, 1.82) is 0 Å². The molecule has 22 heteroatoms. The smallest absolute Gasteiger partial charge is 0.347 e. The molecule has 10 rings (SSSR count). The number of aryl methyl sites for hydroxylation is 1. The van der Waals surface area contributed by atoms with Crippen molar-refractivity contribution in [2.45, 2.75) is 62.7 Å². The maximum Gasteiger partial charge on any atom is 0.435 e. The number of anilines is 2. The summed E-state index contributed by atoms with van der Waals surface area (Å²) in [6.45, 7) is 3.69. The van der Waals surface area contributed by atoms with Gasteiger partial charge in [0.25, 0.3) is 5.92 Å². The number of hydrogen-bond acceptors (Lipinski definition) is 10. The quantitative estimate of drug-likeness (QED) is 0.126. The molecule has 0 radical (unpaired) electrons. The van der Waals surface area contributed by atoms with Gasteiger partial charge in [0.05, 0.1) is 28.2 Å². The lowest BCUT2D eigenvalue weighted by Gasteiger charge is -2.52. The van der Waals surface area contributed by atoms with Gasteiger partial charge in [0.1, 0.15) is 23.9 Å². The molecule has 13 nitrogen and oxygen atoms in total. The number of nitrogens with one attached hydrogen (secondary N) is 3. The highest BCUT2D eigenvalue weighted by molar-refractivity contribution is 7.92. The Balaban J connectivity index is 1.11. The van der Waals surface area contributed by atoms with Crippen molar-refractivity contribution in [3.63, 3.8) is 0 Å². The van der Waals surface area contributed by atoms with E-state index in [1.165, 1.54) is 22.9 Å². The van der Waals surface area contributed by atoms with Crippen molar-refractivity contribution in [2.24, 2.45) is 18.4 Å². The first kappa shape index (κ1) is 41.6. The number of sulfonamides is 1. The number of aromatic nitrogens is 6. The average molecular weight is 917 g/mol. The molecule has 3 atom stereocenters. The third kappa shape index (κ3) is 7.07. The number of piperidine rings is 1. The molecule has 2 saturated heterocycles.